The maximum absolute atomic E-state index is 10.3. The second-order valence-corrected chi connectivity index (χ2v) is 6.00. The number of phenols is 1. The second kappa shape index (κ2) is 5.60. The molecule has 4 heteroatoms. The molecule has 0 aliphatic carbocycles. The third-order valence-electron chi connectivity index (χ3n) is 4.12. The Kier molecular flexibility index (Phi) is 3.43. The molecule has 3 nitrogen and oxygen atoms in total. The molecule has 0 bridgehead atoms. The van der Waals surface area contributed by atoms with E-state index in [0.717, 1.165) is 27.6 Å². The molecule has 1 aliphatic rings. The van der Waals surface area contributed by atoms with Crippen molar-refractivity contribution in [2.75, 3.05) is 0 Å². The third kappa shape index (κ3) is 2.53. The number of nitrogens with zero attached hydrogens (tertiary/aromatic N) is 1. The molecule has 1 atom stereocenters. The first-order chi connectivity index (χ1) is 11.2. The molecule has 1 N–H and O–H groups in total. The van der Waals surface area contributed by atoms with Gasteiger partial charge in [-0.1, -0.05) is 59.2 Å². The Morgan fingerprint density at radius 3 is 2.61 bits per heavy atom. The van der Waals surface area contributed by atoms with Gasteiger partial charge in [0.05, 0.1) is 5.71 Å². The summed E-state index contributed by atoms with van der Waals surface area (Å²) in [6.45, 7) is 0. The van der Waals surface area contributed by atoms with Crippen LogP contribution in [0.3, 0.4) is 0 Å². The number of fused-ring (bicyclic) bond motifs is 1. The van der Waals surface area contributed by atoms with Gasteiger partial charge in [0.2, 0.25) is 0 Å². The van der Waals surface area contributed by atoms with Crippen molar-refractivity contribution in [3.8, 4) is 5.75 Å². The molecule has 1 heterocycles. The summed E-state index contributed by atoms with van der Waals surface area (Å²) < 4.78 is 0. The summed E-state index contributed by atoms with van der Waals surface area (Å²) in [4.78, 5) is 5.62. The smallest absolute Gasteiger partial charge is 0.162 e. The Bertz CT molecular complexity index is 903. The van der Waals surface area contributed by atoms with Crippen molar-refractivity contribution in [1.82, 2.24) is 0 Å². The van der Waals surface area contributed by atoms with Crippen molar-refractivity contribution in [3.63, 3.8) is 0 Å². The standard InChI is InChI=1S/C19H14ClNO2/c20-14-8-5-13(6-9-14)16-11-18(23-21-16)19-15-4-2-1-3-12(15)7-10-17(19)22/h1-10,18,22H,11H2. The van der Waals surface area contributed by atoms with Gasteiger partial charge in [0.25, 0.3) is 0 Å². The molecular formula is C19H14ClNO2. The van der Waals surface area contributed by atoms with Gasteiger partial charge < -0.3 is 9.94 Å². The van der Waals surface area contributed by atoms with Crippen molar-refractivity contribution in [1.29, 1.82) is 0 Å². The largest absolute Gasteiger partial charge is 0.508 e. The van der Waals surface area contributed by atoms with E-state index in [0.29, 0.717) is 11.4 Å². The Labute approximate surface area is 138 Å². The van der Waals surface area contributed by atoms with E-state index >= 15 is 0 Å². The van der Waals surface area contributed by atoms with E-state index in [9.17, 15) is 5.11 Å². The highest BCUT2D eigenvalue weighted by Crippen LogP contribution is 2.39. The molecule has 1 unspecified atom stereocenters. The molecule has 23 heavy (non-hydrogen) atoms. The maximum Gasteiger partial charge on any atom is 0.162 e. The first-order valence-corrected chi connectivity index (χ1v) is 7.79. The van der Waals surface area contributed by atoms with E-state index < -0.39 is 0 Å². The number of phenolic OH excluding ortho intramolecular Hbond substituents is 1. The number of benzene rings is 3. The zero-order valence-electron chi connectivity index (χ0n) is 12.2. The number of hydrogen-bond acceptors (Lipinski definition) is 3. The van der Waals surface area contributed by atoms with Crippen LogP contribution in [0, 0.1) is 0 Å². The SMILES string of the molecule is Oc1ccc2ccccc2c1C1CC(c2ccc(Cl)cc2)=NO1. The van der Waals surface area contributed by atoms with E-state index in [1.54, 1.807) is 6.07 Å². The van der Waals surface area contributed by atoms with Gasteiger partial charge in [-0.3, -0.25) is 0 Å². The summed E-state index contributed by atoms with van der Waals surface area (Å²) in [5, 5.41) is 17.3. The van der Waals surface area contributed by atoms with Crippen LogP contribution in [-0.4, -0.2) is 10.8 Å². The monoisotopic (exact) mass is 323 g/mol. The second-order valence-electron chi connectivity index (χ2n) is 5.56. The van der Waals surface area contributed by atoms with Crippen molar-refractivity contribution >= 4 is 28.1 Å². The molecule has 0 radical (unpaired) electrons. The van der Waals surface area contributed by atoms with Gasteiger partial charge in [-0.2, -0.15) is 0 Å². The topological polar surface area (TPSA) is 41.8 Å². The van der Waals surface area contributed by atoms with E-state index in [1.165, 1.54) is 0 Å². The molecule has 0 aromatic heterocycles. The Hall–Kier alpha value is -2.52. The molecule has 114 valence electrons. The van der Waals surface area contributed by atoms with Gasteiger partial charge in [-0.15, -0.1) is 0 Å². The van der Waals surface area contributed by atoms with Crippen molar-refractivity contribution in [2.24, 2.45) is 5.16 Å². The van der Waals surface area contributed by atoms with Crippen LogP contribution in [0.1, 0.15) is 23.7 Å². The van der Waals surface area contributed by atoms with E-state index in [1.807, 2.05) is 54.6 Å². The minimum Gasteiger partial charge on any atom is -0.508 e. The molecule has 0 fully saturated rings. The van der Waals surface area contributed by atoms with Crippen LogP contribution in [0.15, 0.2) is 65.8 Å². The molecule has 4 rings (SSSR count). The lowest BCUT2D eigenvalue weighted by molar-refractivity contribution is 0.0849. The quantitative estimate of drug-likeness (QED) is 0.715. The van der Waals surface area contributed by atoms with Crippen molar-refractivity contribution < 1.29 is 9.94 Å². The van der Waals surface area contributed by atoms with Gasteiger partial charge in [-0.25, -0.2) is 0 Å². The van der Waals surface area contributed by atoms with E-state index in [4.69, 9.17) is 16.4 Å². The first kappa shape index (κ1) is 14.1. The highest BCUT2D eigenvalue weighted by atomic mass is 35.5. The zero-order chi connectivity index (χ0) is 15.8. The number of halogens is 1. The summed E-state index contributed by atoms with van der Waals surface area (Å²) in [6, 6.07) is 19.1. The molecule has 1 aliphatic heterocycles. The predicted molar refractivity (Wildman–Crippen MR) is 92.0 cm³/mol. The summed E-state index contributed by atoms with van der Waals surface area (Å²) in [6.07, 6.45) is 0.329. The molecule has 3 aromatic carbocycles. The van der Waals surface area contributed by atoms with E-state index in [-0.39, 0.29) is 11.9 Å². The van der Waals surface area contributed by atoms with Crippen molar-refractivity contribution in [2.45, 2.75) is 12.5 Å². The molecule has 0 amide bonds. The van der Waals surface area contributed by atoms with Gasteiger partial charge >= 0.3 is 0 Å². The lowest BCUT2D eigenvalue weighted by Crippen LogP contribution is -2.02. The fraction of sp³-hybridized carbons (Fsp3) is 0.105. The maximum atomic E-state index is 10.3. The average molecular weight is 324 g/mol. The van der Waals surface area contributed by atoms with Crippen LogP contribution in [-0.2, 0) is 4.84 Å². The summed E-state index contributed by atoms with van der Waals surface area (Å²) in [5.41, 5.74) is 2.63. The third-order valence-corrected chi connectivity index (χ3v) is 4.37. The van der Waals surface area contributed by atoms with Gasteiger partial charge in [-0.05, 0) is 34.5 Å². The van der Waals surface area contributed by atoms with Crippen LogP contribution < -0.4 is 0 Å². The lowest BCUT2D eigenvalue weighted by atomic mass is 9.95. The summed E-state index contributed by atoms with van der Waals surface area (Å²) in [5.74, 6) is 0.237. The number of oxime groups is 1. The van der Waals surface area contributed by atoms with Crippen LogP contribution in [0.25, 0.3) is 10.8 Å². The minimum atomic E-state index is -0.285. The summed E-state index contributed by atoms with van der Waals surface area (Å²) >= 11 is 5.92. The highest BCUT2D eigenvalue weighted by Gasteiger charge is 2.27. The van der Waals surface area contributed by atoms with Crippen LogP contribution in [0.2, 0.25) is 5.02 Å². The fourth-order valence-electron chi connectivity index (χ4n) is 2.97. The number of hydrogen-bond donors (Lipinski definition) is 1. The Morgan fingerprint density at radius 1 is 1.00 bits per heavy atom. The molecule has 3 aromatic rings. The minimum absolute atomic E-state index is 0.237. The first-order valence-electron chi connectivity index (χ1n) is 7.41. The normalized spacial score (nSPS) is 17.1. The zero-order valence-corrected chi connectivity index (χ0v) is 13.0. The Morgan fingerprint density at radius 2 is 1.78 bits per heavy atom. The Balaban J connectivity index is 1.69. The fourth-order valence-corrected chi connectivity index (χ4v) is 3.09. The lowest BCUT2D eigenvalue weighted by Gasteiger charge is -2.14. The van der Waals surface area contributed by atoms with Gasteiger partial charge in [0.1, 0.15) is 5.75 Å². The van der Waals surface area contributed by atoms with Crippen molar-refractivity contribution in [3.05, 3.63) is 76.8 Å². The number of rotatable bonds is 2. The molecule has 0 spiro atoms. The average Bonchev–Trinajstić information content (AvgIpc) is 3.05. The van der Waals surface area contributed by atoms with Gasteiger partial charge in [0, 0.05) is 17.0 Å². The van der Waals surface area contributed by atoms with Crippen LogP contribution in [0.5, 0.6) is 5.75 Å². The number of aromatic hydroxyl groups is 1. The van der Waals surface area contributed by atoms with E-state index in [2.05, 4.69) is 5.16 Å². The van der Waals surface area contributed by atoms with Crippen LogP contribution in [0.4, 0.5) is 0 Å². The molecule has 0 saturated carbocycles. The summed E-state index contributed by atoms with van der Waals surface area (Å²) in [7, 11) is 0. The predicted octanol–water partition coefficient (Wildman–Crippen LogP) is 5.06. The highest BCUT2D eigenvalue weighted by molar-refractivity contribution is 6.30. The molecule has 0 saturated heterocycles. The van der Waals surface area contributed by atoms with Crippen LogP contribution >= 0.6 is 11.6 Å². The molecular weight excluding hydrogens is 310 g/mol. The van der Waals surface area contributed by atoms with Gasteiger partial charge in [0.15, 0.2) is 6.10 Å².